The van der Waals surface area contributed by atoms with Crippen LogP contribution in [0.4, 0.5) is 21.7 Å². The number of hydrogen-bond donors (Lipinski definition) is 2. The van der Waals surface area contributed by atoms with Gasteiger partial charge in [0.25, 0.3) is 0 Å². The van der Waals surface area contributed by atoms with E-state index in [9.17, 15) is 4.39 Å². The van der Waals surface area contributed by atoms with E-state index in [-0.39, 0.29) is 5.82 Å². The van der Waals surface area contributed by atoms with Gasteiger partial charge in [-0.05, 0) is 63.3 Å². The number of aromatic nitrogens is 2. The minimum atomic E-state index is -0.251. The minimum absolute atomic E-state index is 0.251. The number of nitrogens with zero attached hydrogens (tertiary/aromatic N) is 2. The first kappa shape index (κ1) is 16.4. The molecule has 1 heterocycles. The monoisotopic (exact) mass is 326 g/mol. The van der Waals surface area contributed by atoms with Crippen LogP contribution in [0.2, 0.25) is 0 Å². The summed E-state index contributed by atoms with van der Waals surface area (Å²) in [6.07, 6.45) is 8.50. The van der Waals surface area contributed by atoms with Crippen LogP contribution in [0.3, 0.4) is 0 Å². The SMILES string of the molecule is Cc1nc(NCCC2=CCCCC2)cc(Nc2ccc(F)cc2)n1. The van der Waals surface area contributed by atoms with Gasteiger partial charge in [0.1, 0.15) is 23.3 Å². The number of allylic oxidation sites excluding steroid dienone is 1. The van der Waals surface area contributed by atoms with Crippen LogP contribution in [0.1, 0.15) is 37.9 Å². The predicted octanol–water partition coefficient (Wildman–Crippen LogP) is 4.97. The molecule has 4 nitrogen and oxygen atoms in total. The highest BCUT2D eigenvalue weighted by molar-refractivity contribution is 5.59. The first-order valence-electron chi connectivity index (χ1n) is 8.49. The van der Waals surface area contributed by atoms with E-state index in [0.29, 0.717) is 11.6 Å². The molecular weight excluding hydrogens is 303 g/mol. The Labute approximate surface area is 142 Å². The van der Waals surface area contributed by atoms with E-state index in [0.717, 1.165) is 24.5 Å². The summed E-state index contributed by atoms with van der Waals surface area (Å²) in [5.41, 5.74) is 2.34. The fourth-order valence-electron chi connectivity index (χ4n) is 2.89. The van der Waals surface area contributed by atoms with Crippen LogP contribution in [-0.2, 0) is 0 Å². The highest BCUT2D eigenvalue weighted by Crippen LogP contribution is 2.21. The lowest BCUT2D eigenvalue weighted by Gasteiger charge is -2.14. The molecule has 0 saturated heterocycles. The van der Waals surface area contributed by atoms with Gasteiger partial charge in [-0.3, -0.25) is 0 Å². The lowest BCUT2D eigenvalue weighted by molar-refractivity contribution is 0.628. The average Bonchev–Trinajstić information content (AvgIpc) is 2.57. The second-order valence-corrected chi connectivity index (χ2v) is 6.10. The normalized spacial score (nSPS) is 14.2. The van der Waals surface area contributed by atoms with Crippen LogP contribution in [0.15, 0.2) is 42.0 Å². The molecule has 126 valence electrons. The Morgan fingerprint density at radius 2 is 1.88 bits per heavy atom. The molecule has 2 aromatic rings. The molecule has 1 aromatic carbocycles. The van der Waals surface area contributed by atoms with Crippen LogP contribution in [0.25, 0.3) is 0 Å². The third-order valence-corrected chi connectivity index (χ3v) is 4.09. The van der Waals surface area contributed by atoms with Crippen molar-refractivity contribution in [1.82, 2.24) is 9.97 Å². The van der Waals surface area contributed by atoms with Crippen molar-refractivity contribution < 1.29 is 4.39 Å². The number of benzene rings is 1. The number of anilines is 3. The summed E-state index contributed by atoms with van der Waals surface area (Å²) in [6, 6.07) is 8.11. The molecule has 0 unspecified atom stereocenters. The highest BCUT2D eigenvalue weighted by atomic mass is 19.1. The average molecular weight is 326 g/mol. The van der Waals surface area contributed by atoms with Crippen LogP contribution < -0.4 is 10.6 Å². The topological polar surface area (TPSA) is 49.8 Å². The first-order valence-corrected chi connectivity index (χ1v) is 8.49. The Kier molecular flexibility index (Phi) is 5.41. The van der Waals surface area contributed by atoms with Gasteiger partial charge < -0.3 is 10.6 Å². The number of halogens is 1. The third kappa shape index (κ3) is 4.78. The molecule has 0 saturated carbocycles. The van der Waals surface area contributed by atoms with Crippen molar-refractivity contribution in [1.29, 1.82) is 0 Å². The molecule has 24 heavy (non-hydrogen) atoms. The van der Waals surface area contributed by atoms with Crippen molar-refractivity contribution in [3.63, 3.8) is 0 Å². The van der Waals surface area contributed by atoms with Gasteiger partial charge in [-0.1, -0.05) is 11.6 Å². The molecule has 3 rings (SSSR count). The highest BCUT2D eigenvalue weighted by Gasteiger charge is 2.05. The maximum Gasteiger partial charge on any atom is 0.136 e. The van der Waals surface area contributed by atoms with E-state index < -0.39 is 0 Å². The summed E-state index contributed by atoms with van der Waals surface area (Å²) in [5, 5.41) is 6.56. The molecule has 2 N–H and O–H groups in total. The maximum absolute atomic E-state index is 13.0. The van der Waals surface area contributed by atoms with Gasteiger partial charge in [-0.25, -0.2) is 14.4 Å². The Hall–Kier alpha value is -2.43. The molecule has 0 amide bonds. The quantitative estimate of drug-likeness (QED) is 0.736. The molecular formula is C19H23FN4. The largest absolute Gasteiger partial charge is 0.370 e. The van der Waals surface area contributed by atoms with Gasteiger partial charge in [0, 0.05) is 18.3 Å². The van der Waals surface area contributed by atoms with Gasteiger partial charge in [0.05, 0.1) is 0 Å². The molecule has 0 spiro atoms. The second kappa shape index (κ2) is 7.90. The van der Waals surface area contributed by atoms with Gasteiger partial charge >= 0.3 is 0 Å². The number of hydrogen-bond acceptors (Lipinski definition) is 4. The molecule has 1 aliphatic carbocycles. The third-order valence-electron chi connectivity index (χ3n) is 4.09. The minimum Gasteiger partial charge on any atom is -0.370 e. The Bertz CT molecular complexity index is 710. The molecule has 0 bridgehead atoms. The molecule has 1 aliphatic rings. The summed E-state index contributed by atoms with van der Waals surface area (Å²) in [6.45, 7) is 2.74. The van der Waals surface area contributed by atoms with Crippen molar-refractivity contribution in [2.24, 2.45) is 0 Å². The van der Waals surface area contributed by atoms with Crippen molar-refractivity contribution in [3.8, 4) is 0 Å². The van der Waals surface area contributed by atoms with Crippen LogP contribution in [0, 0.1) is 12.7 Å². The van der Waals surface area contributed by atoms with E-state index in [1.807, 2.05) is 13.0 Å². The summed E-state index contributed by atoms with van der Waals surface area (Å²) < 4.78 is 13.0. The van der Waals surface area contributed by atoms with Crippen molar-refractivity contribution in [2.75, 3.05) is 17.2 Å². The van der Waals surface area contributed by atoms with E-state index in [4.69, 9.17) is 0 Å². The van der Waals surface area contributed by atoms with Gasteiger partial charge in [-0.2, -0.15) is 0 Å². The molecule has 0 radical (unpaired) electrons. The van der Waals surface area contributed by atoms with Gasteiger partial charge in [-0.15, -0.1) is 0 Å². The van der Waals surface area contributed by atoms with E-state index in [2.05, 4.69) is 26.7 Å². The summed E-state index contributed by atoms with van der Waals surface area (Å²) in [7, 11) is 0. The number of rotatable bonds is 6. The van der Waals surface area contributed by atoms with Crippen molar-refractivity contribution in [2.45, 2.75) is 39.0 Å². The van der Waals surface area contributed by atoms with Crippen molar-refractivity contribution in [3.05, 3.63) is 53.6 Å². The smallest absolute Gasteiger partial charge is 0.136 e. The van der Waals surface area contributed by atoms with Crippen molar-refractivity contribution >= 4 is 17.3 Å². The van der Waals surface area contributed by atoms with Crippen LogP contribution >= 0.6 is 0 Å². The van der Waals surface area contributed by atoms with E-state index in [1.54, 1.807) is 17.7 Å². The van der Waals surface area contributed by atoms with E-state index in [1.165, 1.54) is 37.8 Å². The molecule has 0 atom stereocenters. The van der Waals surface area contributed by atoms with Crippen LogP contribution in [0.5, 0.6) is 0 Å². The van der Waals surface area contributed by atoms with Gasteiger partial charge in [0.2, 0.25) is 0 Å². The lowest BCUT2D eigenvalue weighted by atomic mass is 9.97. The zero-order chi connectivity index (χ0) is 16.8. The first-order chi connectivity index (χ1) is 11.7. The summed E-state index contributed by atoms with van der Waals surface area (Å²) >= 11 is 0. The molecule has 1 aromatic heterocycles. The molecule has 5 heteroatoms. The van der Waals surface area contributed by atoms with Crippen LogP contribution in [-0.4, -0.2) is 16.5 Å². The zero-order valence-electron chi connectivity index (χ0n) is 14.0. The molecule has 0 aliphatic heterocycles. The summed E-state index contributed by atoms with van der Waals surface area (Å²) in [4.78, 5) is 8.81. The Balaban J connectivity index is 1.60. The number of nitrogens with one attached hydrogen (secondary N) is 2. The molecule has 0 fully saturated rings. The lowest BCUT2D eigenvalue weighted by Crippen LogP contribution is -2.08. The van der Waals surface area contributed by atoms with Gasteiger partial charge in [0.15, 0.2) is 0 Å². The second-order valence-electron chi connectivity index (χ2n) is 6.10. The Morgan fingerprint density at radius 3 is 2.62 bits per heavy atom. The van der Waals surface area contributed by atoms with E-state index >= 15 is 0 Å². The summed E-state index contributed by atoms with van der Waals surface area (Å²) in [5.74, 6) is 1.96. The fourth-order valence-corrected chi connectivity index (χ4v) is 2.89. The standard InChI is InChI=1S/C19H23FN4/c1-14-22-18(21-12-11-15-5-3-2-4-6-15)13-19(23-14)24-17-9-7-16(20)8-10-17/h5,7-10,13H,2-4,6,11-12H2,1H3,(H2,21,22,23,24). The predicted molar refractivity (Wildman–Crippen MR) is 96.1 cm³/mol. The Morgan fingerprint density at radius 1 is 1.08 bits per heavy atom. The number of aryl methyl sites for hydroxylation is 1. The fraction of sp³-hybridized carbons (Fsp3) is 0.368. The zero-order valence-corrected chi connectivity index (χ0v) is 14.0. The maximum atomic E-state index is 13.0.